The van der Waals surface area contributed by atoms with E-state index in [1.807, 2.05) is 17.0 Å². The third kappa shape index (κ3) is 4.33. The van der Waals surface area contributed by atoms with Crippen LogP contribution in [-0.2, 0) is 11.3 Å². The maximum atomic E-state index is 12.4. The van der Waals surface area contributed by atoms with E-state index in [2.05, 4.69) is 5.32 Å². The zero-order valence-corrected chi connectivity index (χ0v) is 14.8. The highest BCUT2D eigenvalue weighted by Gasteiger charge is 2.30. The second-order valence-corrected chi connectivity index (χ2v) is 6.98. The topological polar surface area (TPSA) is 90.0 Å². The number of urea groups is 1. The molecule has 2 N–H and O–H groups in total. The third-order valence-corrected chi connectivity index (χ3v) is 5.11. The van der Waals surface area contributed by atoms with Gasteiger partial charge in [0.25, 0.3) is 5.91 Å². The molecule has 0 aromatic heterocycles. The first-order valence-corrected chi connectivity index (χ1v) is 9.18. The van der Waals surface area contributed by atoms with E-state index in [0.717, 1.165) is 31.5 Å². The van der Waals surface area contributed by atoms with Gasteiger partial charge < -0.3 is 20.2 Å². The van der Waals surface area contributed by atoms with Crippen molar-refractivity contribution in [2.45, 2.75) is 32.2 Å². The number of carbonyl (C=O) groups is 3. The van der Waals surface area contributed by atoms with Crippen molar-refractivity contribution in [3.05, 3.63) is 35.4 Å². The zero-order chi connectivity index (χ0) is 18.5. The number of carbonyl (C=O) groups excluding carboxylic acids is 2. The number of nitrogens with one attached hydrogen (secondary N) is 1. The van der Waals surface area contributed by atoms with Gasteiger partial charge in [-0.05, 0) is 43.4 Å². The summed E-state index contributed by atoms with van der Waals surface area (Å²) >= 11 is 0. The highest BCUT2D eigenvalue weighted by molar-refractivity contribution is 5.94. The Hall–Kier alpha value is -2.57. The van der Waals surface area contributed by atoms with Crippen LogP contribution in [-0.4, -0.2) is 59.0 Å². The summed E-state index contributed by atoms with van der Waals surface area (Å²) in [6.45, 7) is 2.72. The lowest BCUT2D eigenvalue weighted by Gasteiger charge is -2.26. The van der Waals surface area contributed by atoms with Crippen LogP contribution in [0.25, 0.3) is 0 Å². The average molecular weight is 359 g/mol. The lowest BCUT2D eigenvalue weighted by molar-refractivity contribution is -0.141. The number of likely N-dealkylation sites (tertiary alicyclic amines) is 2. The Labute approximate surface area is 153 Å². The summed E-state index contributed by atoms with van der Waals surface area (Å²) in [7, 11) is 0. The highest BCUT2D eigenvalue weighted by Crippen LogP contribution is 2.17. The molecule has 0 saturated carbocycles. The van der Waals surface area contributed by atoms with Gasteiger partial charge in [-0.1, -0.05) is 12.1 Å². The summed E-state index contributed by atoms with van der Waals surface area (Å²) in [5.74, 6) is -1.26. The van der Waals surface area contributed by atoms with Crippen LogP contribution < -0.4 is 5.32 Å². The van der Waals surface area contributed by atoms with Crippen molar-refractivity contribution in [2.75, 3.05) is 26.2 Å². The number of rotatable bonds is 4. The fourth-order valence-corrected chi connectivity index (χ4v) is 3.48. The Kier molecular flexibility index (Phi) is 5.75. The molecule has 7 heteroatoms. The Morgan fingerprint density at radius 3 is 2.31 bits per heavy atom. The number of benzene rings is 1. The number of hydrogen-bond donors (Lipinski definition) is 2. The van der Waals surface area contributed by atoms with Crippen LogP contribution >= 0.6 is 0 Å². The first kappa shape index (κ1) is 18.2. The Balaban J connectivity index is 1.49. The molecule has 2 aliphatic rings. The summed E-state index contributed by atoms with van der Waals surface area (Å²) < 4.78 is 0. The molecule has 1 unspecified atom stereocenters. The normalized spacial score (nSPS) is 20.1. The molecule has 1 aromatic carbocycles. The highest BCUT2D eigenvalue weighted by atomic mass is 16.4. The largest absolute Gasteiger partial charge is 0.481 e. The van der Waals surface area contributed by atoms with Crippen LogP contribution in [0.4, 0.5) is 4.79 Å². The number of hydrogen-bond acceptors (Lipinski definition) is 3. The summed E-state index contributed by atoms with van der Waals surface area (Å²) in [6, 6.07) is 7.05. The van der Waals surface area contributed by atoms with Crippen LogP contribution in [0.15, 0.2) is 24.3 Å². The van der Waals surface area contributed by atoms with Crippen molar-refractivity contribution in [3.8, 4) is 0 Å². The van der Waals surface area contributed by atoms with E-state index < -0.39 is 11.9 Å². The maximum Gasteiger partial charge on any atom is 0.317 e. The summed E-state index contributed by atoms with van der Waals surface area (Å²) in [5.41, 5.74) is 1.58. The standard InChI is InChI=1S/C19H25N3O4/c23-17(21-9-2-1-3-10-21)15-6-4-14(5-7-15)12-20-19(26)22-11-8-16(13-22)18(24)25/h4-7,16H,1-3,8-13H2,(H,20,26)(H,24,25). The van der Waals surface area contributed by atoms with Gasteiger partial charge in [0.15, 0.2) is 0 Å². The first-order valence-electron chi connectivity index (χ1n) is 9.18. The SMILES string of the molecule is O=C(O)C1CCN(C(=O)NCc2ccc(C(=O)N3CCCCC3)cc2)C1. The Bertz CT molecular complexity index is 668. The molecule has 1 atom stereocenters. The molecule has 0 bridgehead atoms. The fraction of sp³-hybridized carbons (Fsp3) is 0.526. The van der Waals surface area contributed by atoms with Crippen molar-refractivity contribution >= 4 is 17.9 Å². The molecule has 26 heavy (non-hydrogen) atoms. The van der Waals surface area contributed by atoms with Gasteiger partial charge in [-0.3, -0.25) is 9.59 Å². The predicted octanol–water partition coefficient (Wildman–Crippen LogP) is 1.93. The van der Waals surface area contributed by atoms with Crippen molar-refractivity contribution in [1.29, 1.82) is 0 Å². The van der Waals surface area contributed by atoms with Gasteiger partial charge in [0, 0.05) is 38.3 Å². The molecule has 2 aliphatic heterocycles. The zero-order valence-electron chi connectivity index (χ0n) is 14.8. The van der Waals surface area contributed by atoms with Crippen molar-refractivity contribution < 1.29 is 19.5 Å². The predicted molar refractivity (Wildman–Crippen MR) is 95.7 cm³/mol. The van der Waals surface area contributed by atoms with Gasteiger partial charge in [-0.2, -0.15) is 0 Å². The summed E-state index contributed by atoms with van der Waals surface area (Å²) in [5, 5.41) is 11.8. The van der Waals surface area contributed by atoms with Gasteiger partial charge in [0.2, 0.25) is 0 Å². The van der Waals surface area contributed by atoms with E-state index in [-0.39, 0.29) is 18.5 Å². The van der Waals surface area contributed by atoms with Gasteiger partial charge in [0.05, 0.1) is 5.92 Å². The van der Waals surface area contributed by atoms with Crippen LogP contribution in [0.2, 0.25) is 0 Å². The second-order valence-electron chi connectivity index (χ2n) is 6.98. The van der Waals surface area contributed by atoms with Crippen LogP contribution in [0.5, 0.6) is 0 Å². The fourth-order valence-electron chi connectivity index (χ4n) is 3.48. The number of amides is 3. The molecule has 140 valence electrons. The minimum absolute atomic E-state index is 0.0667. The molecule has 1 aromatic rings. The van der Waals surface area contributed by atoms with Crippen LogP contribution in [0.3, 0.4) is 0 Å². The number of aliphatic carboxylic acids is 1. The molecular weight excluding hydrogens is 334 g/mol. The molecule has 0 radical (unpaired) electrons. The van der Waals surface area contributed by atoms with Gasteiger partial charge in [0.1, 0.15) is 0 Å². The third-order valence-electron chi connectivity index (χ3n) is 5.11. The number of nitrogens with zero attached hydrogens (tertiary/aromatic N) is 2. The minimum Gasteiger partial charge on any atom is -0.481 e. The van der Waals surface area contributed by atoms with Crippen molar-refractivity contribution in [2.24, 2.45) is 5.92 Å². The maximum absolute atomic E-state index is 12.4. The molecule has 0 spiro atoms. The van der Waals surface area contributed by atoms with Gasteiger partial charge >= 0.3 is 12.0 Å². The molecular formula is C19H25N3O4. The van der Waals surface area contributed by atoms with E-state index in [1.165, 1.54) is 11.3 Å². The van der Waals surface area contributed by atoms with E-state index in [9.17, 15) is 14.4 Å². The quantitative estimate of drug-likeness (QED) is 0.859. The Morgan fingerprint density at radius 2 is 1.69 bits per heavy atom. The van der Waals surface area contributed by atoms with E-state index in [0.29, 0.717) is 25.1 Å². The first-order chi connectivity index (χ1) is 12.5. The molecule has 3 amide bonds. The van der Waals surface area contributed by atoms with Crippen LogP contribution in [0.1, 0.15) is 41.6 Å². The molecule has 2 fully saturated rings. The molecule has 7 nitrogen and oxygen atoms in total. The molecule has 2 saturated heterocycles. The molecule has 0 aliphatic carbocycles. The summed E-state index contributed by atoms with van der Waals surface area (Å²) in [6.07, 6.45) is 3.81. The van der Waals surface area contributed by atoms with E-state index in [4.69, 9.17) is 5.11 Å². The average Bonchev–Trinajstić information content (AvgIpc) is 3.17. The van der Waals surface area contributed by atoms with E-state index >= 15 is 0 Å². The lowest BCUT2D eigenvalue weighted by atomic mass is 10.1. The minimum atomic E-state index is -0.853. The number of carboxylic acids is 1. The van der Waals surface area contributed by atoms with E-state index in [1.54, 1.807) is 12.1 Å². The van der Waals surface area contributed by atoms with Crippen molar-refractivity contribution in [3.63, 3.8) is 0 Å². The van der Waals surface area contributed by atoms with Crippen LogP contribution in [0, 0.1) is 5.92 Å². The lowest BCUT2D eigenvalue weighted by Crippen LogP contribution is -2.38. The number of carboxylic acid groups (broad SMARTS) is 1. The molecule has 2 heterocycles. The smallest absolute Gasteiger partial charge is 0.317 e. The molecule has 3 rings (SSSR count). The van der Waals surface area contributed by atoms with Gasteiger partial charge in [-0.15, -0.1) is 0 Å². The summed E-state index contributed by atoms with van der Waals surface area (Å²) in [4.78, 5) is 39.0. The Morgan fingerprint density at radius 1 is 1.00 bits per heavy atom. The second kappa shape index (κ2) is 8.21. The number of piperidine rings is 1. The van der Waals surface area contributed by atoms with Gasteiger partial charge in [-0.25, -0.2) is 4.79 Å². The monoisotopic (exact) mass is 359 g/mol. The van der Waals surface area contributed by atoms with Crippen molar-refractivity contribution in [1.82, 2.24) is 15.1 Å².